The molecule has 1 fully saturated rings. The number of hydrogen-bond donors (Lipinski definition) is 2. The van der Waals surface area contributed by atoms with Gasteiger partial charge in [-0.25, -0.2) is 8.78 Å². The van der Waals surface area contributed by atoms with Gasteiger partial charge in [0.05, 0.1) is 6.54 Å². The number of likely N-dealkylation sites (tertiary alicyclic amines) is 1. The third-order valence-electron chi connectivity index (χ3n) is 3.97. The molecule has 1 aromatic carbocycles. The lowest BCUT2D eigenvalue weighted by molar-refractivity contribution is -0.143. The van der Waals surface area contributed by atoms with Crippen LogP contribution in [-0.4, -0.2) is 62.8 Å². The Hall–Kier alpha value is -1.37. The van der Waals surface area contributed by atoms with Gasteiger partial charge in [-0.3, -0.25) is 9.89 Å². The van der Waals surface area contributed by atoms with Crippen LogP contribution in [-0.2, 0) is 6.54 Å². The van der Waals surface area contributed by atoms with Crippen LogP contribution in [0, 0.1) is 0 Å². The summed E-state index contributed by atoms with van der Waals surface area (Å²) in [5.41, 5.74) is 0.801. The zero-order chi connectivity index (χ0) is 19.9. The average Bonchev–Trinajstić information content (AvgIpc) is 3.02. The summed E-state index contributed by atoms with van der Waals surface area (Å²) in [5.74, 6) is 0.809. The van der Waals surface area contributed by atoms with Gasteiger partial charge in [0.1, 0.15) is 12.4 Å². The minimum Gasteiger partial charge on any atom is -0.488 e. The van der Waals surface area contributed by atoms with Crippen molar-refractivity contribution < 1.29 is 26.7 Å². The standard InChI is InChI=1S/C17H23F5N4O.HI/c1-23-16(25-13-5-6-26(9-13)11-17(20,21)22)24-8-12-3-2-4-14(7-12)27-10-15(18)19;/h2-4,7,13,15H,5-6,8-11H2,1H3,(H2,23,24,25);1H. The van der Waals surface area contributed by atoms with Crippen molar-refractivity contribution in [2.24, 2.45) is 4.99 Å². The first kappa shape index (κ1) is 24.7. The molecule has 0 amide bonds. The summed E-state index contributed by atoms with van der Waals surface area (Å²) in [4.78, 5) is 5.43. The van der Waals surface area contributed by atoms with E-state index < -0.39 is 25.8 Å². The minimum atomic E-state index is -4.20. The Morgan fingerprint density at radius 3 is 2.75 bits per heavy atom. The molecule has 1 atom stereocenters. The van der Waals surface area contributed by atoms with E-state index >= 15 is 0 Å². The molecule has 160 valence electrons. The molecule has 1 aromatic rings. The molecule has 0 saturated carbocycles. The average molecular weight is 522 g/mol. The quantitative estimate of drug-likeness (QED) is 0.250. The van der Waals surface area contributed by atoms with Crippen LogP contribution in [0.4, 0.5) is 22.0 Å². The minimum absolute atomic E-state index is 0. The summed E-state index contributed by atoms with van der Waals surface area (Å²) >= 11 is 0. The van der Waals surface area contributed by atoms with Gasteiger partial charge in [0, 0.05) is 32.7 Å². The normalized spacial score (nSPS) is 18.1. The number of ether oxygens (including phenoxy) is 1. The number of benzene rings is 1. The molecule has 2 rings (SSSR count). The van der Waals surface area contributed by atoms with Crippen molar-refractivity contribution in [2.75, 3.05) is 33.3 Å². The van der Waals surface area contributed by atoms with Gasteiger partial charge in [0.2, 0.25) is 0 Å². The van der Waals surface area contributed by atoms with Crippen LogP contribution in [0.5, 0.6) is 5.75 Å². The summed E-state index contributed by atoms with van der Waals surface area (Å²) in [6, 6.07) is 6.60. The van der Waals surface area contributed by atoms with Gasteiger partial charge >= 0.3 is 6.18 Å². The van der Waals surface area contributed by atoms with E-state index in [-0.39, 0.29) is 36.6 Å². The van der Waals surface area contributed by atoms with Crippen molar-refractivity contribution in [2.45, 2.75) is 31.6 Å². The Morgan fingerprint density at radius 1 is 1.36 bits per heavy atom. The maximum atomic E-state index is 12.5. The molecule has 1 aliphatic heterocycles. The molecule has 0 spiro atoms. The van der Waals surface area contributed by atoms with E-state index in [0.717, 1.165) is 5.56 Å². The van der Waals surface area contributed by atoms with Crippen LogP contribution in [0.2, 0.25) is 0 Å². The molecule has 0 aliphatic carbocycles. The first-order valence-corrected chi connectivity index (χ1v) is 8.51. The van der Waals surface area contributed by atoms with Crippen LogP contribution in [0.3, 0.4) is 0 Å². The lowest BCUT2D eigenvalue weighted by atomic mass is 10.2. The number of alkyl halides is 5. The maximum absolute atomic E-state index is 12.5. The van der Waals surface area contributed by atoms with Crippen molar-refractivity contribution in [3.8, 4) is 5.75 Å². The smallest absolute Gasteiger partial charge is 0.401 e. The first-order valence-electron chi connectivity index (χ1n) is 8.51. The van der Waals surface area contributed by atoms with E-state index in [2.05, 4.69) is 15.6 Å². The molecule has 28 heavy (non-hydrogen) atoms. The van der Waals surface area contributed by atoms with E-state index in [1.165, 1.54) is 4.90 Å². The van der Waals surface area contributed by atoms with Crippen molar-refractivity contribution in [3.63, 3.8) is 0 Å². The molecule has 2 N–H and O–H groups in total. The second kappa shape index (κ2) is 11.6. The molecule has 11 heteroatoms. The van der Waals surface area contributed by atoms with E-state index in [4.69, 9.17) is 4.74 Å². The molecule has 1 saturated heterocycles. The van der Waals surface area contributed by atoms with E-state index in [1.807, 2.05) is 0 Å². The Labute approximate surface area is 177 Å². The van der Waals surface area contributed by atoms with Crippen LogP contribution >= 0.6 is 24.0 Å². The Morgan fingerprint density at radius 2 is 2.11 bits per heavy atom. The monoisotopic (exact) mass is 522 g/mol. The predicted octanol–water partition coefficient (Wildman–Crippen LogP) is 3.25. The number of hydrogen-bond acceptors (Lipinski definition) is 3. The number of halogens is 6. The third kappa shape index (κ3) is 9.22. The summed E-state index contributed by atoms with van der Waals surface area (Å²) in [5, 5.41) is 6.17. The number of nitrogens with zero attached hydrogens (tertiary/aromatic N) is 2. The molecule has 1 heterocycles. The zero-order valence-electron chi connectivity index (χ0n) is 15.3. The SMILES string of the molecule is CN=C(NCc1cccc(OCC(F)F)c1)NC1CCN(CC(F)(F)F)C1.I. The maximum Gasteiger partial charge on any atom is 0.401 e. The molecule has 0 aromatic heterocycles. The molecule has 1 aliphatic rings. The molecule has 1 unspecified atom stereocenters. The summed E-state index contributed by atoms with van der Waals surface area (Å²) in [7, 11) is 1.57. The molecular formula is C17H24F5IN4O. The van der Waals surface area contributed by atoms with Gasteiger partial charge in [-0.2, -0.15) is 13.2 Å². The van der Waals surface area contributed by atoms with Gasteiger partial charge in [-0.05, 0) is 24.1 Å². The summed E-state index contributed by atoms with van der Waals surface area (Å²) < 4.78 is 66.8. The van der Waals surface area contributed by atoms with Crippen LogP contribution in [0.25, 0.3) is 0 Å². The topological polar surface area (TPSA) is 48.9 Å². The Balaban J connectivity index is 0.00000392. The summed E-state index contributed by atoms with van der Waals surface area (Å²) in [6.07, 6.45) is -6.15. The number of aliphatic imine (C=N–C) groups is 1. The van der Waals surface area contributed by atoms with E-state index in [0.29, 0.717) is 31.2 Å². The fourth-order valence-electron chi connectivity index (χ4n) is 2.83. The largest absolute Gasteiger partial charge is 0.488 e. The van der Waals surface area contributed by atoms with Gasteiger partial charge in [0.15, 0.2) is 5.96 Å². The van der Waals surface area contributed by atoms with Crippen LogP contribution in [0.15, 0.2) is 29.3 Å². The fraction of sp³-hybridized carbons (Fsp3) is 0.588. The van der Waals surface area contributed by atoms with Crippen molar-refractivity contribution >= 4 is 29.9 Å². The van der Waals surface area contributed by atoms with E-state index in [1.54, 1.807) is 31.3 Å². The lowest BCUT2D eigenvalue weighted by Gasteiger charge is -2.20. The van der Waals surface area contributed by atoms with E-state index in [9.17, 15) is 22.0 Å². The molecule has 5 nitrogen and oxygen atoms in total. The molecule has 0 bridgehead atoms. The van der Waals surface area contributed by atoms with Crippen LogP contribution < -0.4 is 15.4 Å². The highest BCUT2D eigenvalue weighted by Crippen LogP contribution is 2.20. The number of nitrogens with one attached hydrogen (secondary N) is 2. The van der Waals surface area contributed by atoms with Gasteiger partial charge in [-0.1, -0.05) is 12.1 Å². The molecule has 0 radical (unpaired) electrons. The first-order chi connectivity index (χ1) is 12.7. The highest BCUT2D eigenvalue weighted by Gasteiger charge is 2.34. The third-order valence-corrected chi connectivity index (χ3v) is 3.97. The Bertz CT molecular complexity index is 630. The van der Waals surface area contributed by atoms with Crippen molar-refractivity contribution in [1.29, 1.82) is 0 Å². The van der Waals surface area contributed by atoms with Crippen LogP contribution in [0.1, 0.15) is 12.0 Å². The second-order valence-electron chi connectivity index (χ2n) is 6.26. The summed E-state index contributed by atoms with van der Waals surface area (Å²) in [6.45, 7) is -0.557. The van der Waals surface area contributed by atoms with Gasteiger partial charge in [-0.15, -0.1) is 24.0 Å². The van der Waals surface area contributed by atoms with Gasteiger partial charge in [0.25, 0.3) is 6.43 Å². The zero-order valence-corrected chi connectivity index (χ0v) is 17.6. The predicted molar refractivity (Wildman–Crippen MR) is 108 cm³/mol. The molecular weight excluding hydrogens is 498 g/mol. The fourth-order valence-corrected chi connectivity index (χ4v) is 2.83. The lowest BCUT2D eigenvalue weighted by Crippen LogP contribution is -2.44. The Kier molecular flexibility index (Phi) is 10.2. The van der Waals surface area contributed by atoms with Crippen molar-refractivity contribution in [1.82, 2.24) is 15.5 Å². The number of rotatable bonds is 7. The second-order valence-corrected chi connectivity index (χ2v) is 6.26. The van der Waals surface area contributed by atoms with Crippen molar-refractivity contribution in [3.05, 3.63) is 29.8 Å². The highest BCUT2D eigenvalue weighted by molar-refractivity contribution is 14.0. The van der Waals surface area contributed by atoms with Gasteiger partial charge < -0.3 is 15.4 Å². The highest BCUT2D eigenvalue weighted by atomic mass is 127. The number of guanidine groups is 1.